The molecule has 1 aliphatic rings. The van der Waals surface area contributed by atoms with Gasteiger partial charge in [0.25, 0.3) is 0 Å². The fourth-order valence-corrected chi connectivity index (χ4v) is 2.69. The Morgan fingerprint density at radius 3 is 2.90 bits per heavy atom. The molecule has 0 amide bonds. The number of fused-ring (bicyclic) bond motifs is 1. The summed E-state index contributed by atoms with van der Waals surface area (Å²) < 4.78 is 5.85. The first-order valence-corrected chi connectivity index (χ1v) is 6.69. The maximum absolute atomic E-state index is 5.85. The van der Waals surface area contributed by atoms with E-state index in [0.29, 0.717) is 0 Å². The van der Waals surface area contributed by atoms with E-state index in [1.165, 1.54) is 16.7 Å². The Balaban J connectivity index is 0.00000147. The van der Waals surface area contributed by atoms with Gasteiger partial charge in [0.05, 0.1) is 18.4 Å². The van der Waals surface area contributed by atoms with Crippen molar-refractivity contribution in [3.63, 3.8) is 0 Å². The Hall–Kier alpha value is -1.42. The highest BCUT2D eigenvalue weighted by Crippen LogP contribution is 2.33. The number of halogens is 1. The van der Waals surface area contributed by atoms with E-state index in [9.17, 15) is 0 Å². The first-order valence-electron chi connectivity index (χ1n) is 6.69. The Morgan fingerprint density at radius 2 is 2.15 bits per heavy atom. The van der Waals surface area contributed by atoms with Crippen LogP contribution in [0.2, 0.25) is 0 Å². The summed E-state index contributed by atoms with van der Waals surface area (Å²) >= 11 is 0. The van der Waals surface area contributed by atoms with Crippen molar-refractivity contribution in [3.8, 4) is 11.3 Å². The molecule has 0 bridgehead atoms. The molecule has 0 spiro atoms. The van der Waals surface area contributed by atoms with Gasteiger partial charge in [0, 0.05) is 18.3 Å². The molecule has 2 aromatic rings. The summed E-state index contributed by atoms with van der Waals surface area (Å²) in [6, 6.07) is 12.5. The van der Waals surface area contributed by atoms with Crippen LogP contribution in [-0.2, 0) is 11.2 Å². The van der Waals surface area contributed by atoms with Crippen LogP contribution in [0, 0.1) is 0 Å². The minimum absolute atomic E-state index is 0. The minimum atomic E-state index is 0. The van der Waals surface area contributed by atoms with Crippen LogP contribution < -0.4 is 5.32 Å². The summed E-state index contributed by atoms with van der Waals surface area (Å²) in [5, 5.41) is 3.20. The Kier molecular flexibility index (Phi) is 5.12. The van der Waals surface area contributed by atoms with Crippen LogP contribution in [0.25, 0.3) is 11.3 Å². The summed E-state index contributed by atoms with van der Waals surface area (Å²) in [6.45, 7) is 1.63. The van der Waals surface area contributed by atoms with E-state index >= 15 is 0 Å². The molecule has 2 heterocycles. The number of aromatic nitrogens is 1. The van der Waals surface area contributed by atoms with Crippen LogP contribution in [0.3, 0.4) is 0 Å². The first-order chi connectivity index (χ1) is 9.40. The molecular weight excluding hydrogens is 272 g/mol. The molecule has 0 aliphatic carbocycles. The molecule has 1 atom stereocenters. The SMILES string of the molecule is CNCC1OCCc2c(-c3ccccn3)cccc21.Cl. The van der Waals surface area contributed by atoms with Crippen molar-refractivity contribution in [2.75, 3.05) is 20.2 Å². The van der Waals surface area contributed by atoms with Crippen LogP contribution in [0.1, 0.15) is 17.2 Å². The maximum atomic E-state index is 5.85. The summed E-state index contributed by atoms with van der Waals surface area (Å²) in [6.07, 6.45) is 2.96. The van der Waals surface area contributed by atoms with Crippen LogP contribution in [0.15, 0.2) is 42.6 Å². The molecule has 1 unspecified atom stereocenters. The third-order valence-corrected chi connectivity index (χ3v) is 3.56. The highest BCUT2D eigenvalue weighted by molar-refractivity contribution is 5.85. The second-order valence-corrected chi connectivity index (χ2v) is 4.76. The largest absolute Gasteiger partial charge is 0.372 e. The average molecular weight is 291 g/mol. The van der Waals surface area contributed by atoms with E-state index in [4.69, 9.17) is 4.74 Å². The molecule has 1 aromatic heterocycles. The minimum Gasteiger partial charge on any atom is -0.372 e. The molecule has 4 heteroatoms. The zero-order chi connectivity index (χ0) is 13.1. The first kappa shape index (κ1) is 15.0. The van der Waals surface area contributed by atoms with Gasteiger partial charge in [-0.25, -0.2) is 0 Å². The Morgan fingerprint density at radius 1 is 1.25 bits per heavy atom. The quantitative estimate of drug-likeness (QED) is 0.943. The molecule has 3 nitrogen and oxygen atoms in total. The molecule has 20 heavy (non-hydrogen) atoms. The topological polar surface area (TPSA) is 34.1 Å². The number of likely N-dealkylation sites (N-methyl/N-ethyl adjacent to an activating group) is 1. The maximum Gasteiger partial charge on any atom is 0.0952 e. The van der Waals surface area contributed by atoms with Gasteiger partial charge in [-0.15, -0.1) is 12.4 Å². The van der Waals surface area contributed by atoms with Crippen molar-refractivity contribution in [1.82, 2.24) is 10.3 Å². The van der Waals surface area contributed by atoms with Crippen LogP contribution in [0.5, 0.6) is 0 Å². The van der Waals surface area contributed by atoms with E-state index in [1.807, 2.05) is 25.4 Å². The van der Waals surface area contributed by atoms with E-state index in [-0.39, 0.29) is 18.5 Å². The lowest BCUT2D eigenvalue weighted by Crippen LogP contribution is -2.25. The second-order valence-electron chi connectivity index (χ2n) is 4.76. The number of benzene rings is 1. The third-order valence-electron chi connectivity index (χ3n) is 3.56. The van der Waals surface area contributed by atoms with Gasteiger partial charge in [0.1, 0.15) is 0 Å². The summed E-state index contributed by atoms with van der Waals surface area (Å²) in [5.41, 5.74) is 4.96. The number of nitrogens with zero attached hydrogens (tertiary/aromatic N) is 1. The molecule has 0 saturated carbocycles. The fraction of sp³-hybridized carbons (Fsp3) is 0.312. The molecule has 3 rings (SSSR count). The highest BCUT2D eigenvalue weighted by Gasteiger charge is 2.22. The van der Waals surface area contributed by atoms with Gasteiger partial charge in [0.15, 0.2) is 0 Å². The van der Waals surface area contributed by atoms with Crippen molar-refractivity contribution in [3.05, 3.63) is 53.7 Å². The molecule has 0 saturated heterocycles. The summed E-state index contributed by atoms with van der Waals surface area (Å²) in [4.78, 5) is 4.47. The van der Waals surface area contributed by atoms with E-state index < -0.39 is 0 Å². The highest BCUT2D eigenvalue weighted by atomic mass is 35.5. The normalized spacial score (nSPS) is 17.1. The van der Waals surface area contributed by atoms with Gasteiger partial charge in [-0.3, -0.25) is 4.98 Å². The zero-order valence-electron chi connectivity index (χ0n) is 11.5. The molecule has 106 valence electrons. The Bertz CT molecular complexity index is 560. The summed E-state index contributed by atoms with van der Waals surface area (Å²) in [5.74, 6) is 0. The van der Waals surface area contributed by atoms with Gasteiger partial charge in [0.2, 0.25) is 0 Å². The van der Waals surface area contributed by atoms with Crippen molar-refractivity contribution >= 4 is 12.4 Å². The molecule has 1 aromatic carbocycles. The van der Waals surface area contributed by atoms with Crippen LogP contribution in [0.4, 0.5) is 0 Å². The number of rotatable bonds is 3. The van der Waals surface area contributed by atoms with Gasteiger partial charge < -0.3 is 10.1 Å². The Labute approximate surface area is 125 Å². The number of hydrogen-bond donors (Lipinski definition) is 1. The van der Waals surface area contributed by atoms with Crippen molar-refractivity contribution in [1.29, 1.82) is 0 Å². The lowest BCUT2D eigenvalue weighted by atomic mass is 9.91. The molecule has 1 aliphatic heterocycles. The lowest BCUT2D eigenvalue weighted by Gasteiger charge is -2.27. The number of hydrogen-bond acceptors (Lipinski definition) is 3. The van der Waals surface area contributed by atoms with E-state index in [2.05, 4.69) is 34.6 Å². The molecule has 1 N–H and O–H groups in total. The predicted molar refractivity (Wildman–Crippen MR) is 83.2 cm³/mol. The van der Waals surface area contributed by atoms with Crippen molar-refractivity contribution in [2.45, 2.75) is 12.5 Å². The van der Waals surface area contributed by atoms with Gasteiger partial charge in [-0.2, -0.15) is 0 Å². The summed E-state index contributed by atoms with van der Waals surface area (Å²) in [7, 11) is 1.96. The second kappa shape index (κ2) is 6.84. The smallest absolute Gasteiger partial charge is 0.0952 e. The number of ether oxygens (including phenoxy) is 1. The van der Waals surface area contributed by atoms with Crippen LogP contribution >= 0.6 is 12.4 Å². The molecule has 0 radical (unpaired) electrons. The zero-order valence-corrected chi connectivity index (χ0v) is 12.3. The fourth-order valence-electron chi connectivity index (χ4n) is 2.69. The monoisotopic (exact) mass is 290 g/mol. The van der Waals surface area contributed by atoms with Crippen molar-refractivity contribution in [2.24, 2.45) is 0 Å². The molecule has 0 fully saturated rings. The van der Waals surface area contributed by atoms with Gasteiger partial charge in [-0.1, -0.05) is 24.3 Å². The van der Waals surface area contributed by atoms with Crippen LogP contribution in [-0.4, -0.2) is 25.2 Å². The van der Waals surface area contributed by atoms with E-state index in [1.54, 1.807) is 0 Å². The van der Waals surface area contributed by atoms with Gasteiger partial charge >= 0.3 is 0 Å². The van der Waals surface area contributed by atoms with E-state index in [0.717, 1.165) is 25.3 Å². The predicted octanol–water partition coefficient (Wildman–Crippen LogP) is 3.00. The molecular formula is C16H19ClN2O. The standard InChI is InChI=1S/C16H18N2O.ClH/c1-17-11-16-14-6-4-5-13(12(14)8-10-19-16)15-7-2-3-9-18-15;/h2-7,9,16-17H,8,10-11H2,1H3;1H. The van der Waals surface area contributed by atoms with Gasteiger partial charge in [-0.05, 0) is 36.7 Å². The third kappa shape index (κ3) is 2.85. The average Bonchev–Trinajstić information content (AvgIpc) is 2.48. The lowest BCUT2D eigenvalue weighted by molar-refractivity contribution is 0.0440. The number of nitrogens with one attached hydrogen (secondary N) is 1. The number of pyridine rings is 1. The van der Waals surface area contributed by atoms with Crippen molar-refractivity contribution < 1.29 is 4.74 Å².